The quantitative estimate of drug-likeness (QED) is 0.659. The molecule has 1 fully saturated rings. The third kappa shape index (κ3) is 6.48. The average molecular weight is 385 g/mol. The minimum Gasteiger partial charge on any atom is -0.379 e. The van der Waals surface area contributed by atoms with E-state index < -0.39 is 0 Å². The molecular formula is C19H29ClN2O2S. The Morgan fingerprint density at radius 1 is 1.28 bits per heavy atom. The Bertz CT molecular complexity index is 534. The van der Waals surface area contributed by atoms with Crippen LogP contribution in [0.2, 0.25) is 5.02 Å². The maximum Gasteiger partial charge on any atom is 0.230 e. The van der Waals surface area contributed by atoms with E-state index in [2.05, 4.69) is 24.1 Å². The van der Waals surface area contributed by atoms with Gasteiger partial charge >= 0.3 is 0 Å². The predicted molar refractivity (Wildman–Crippen MR) is 105 cm³/mol. The molecule has 1 aliphatic heterocycles. The topological polar surface area (TPSA) is 41.6 Å². The van der Waals surface area contributed by atoms with Crippen LogP contribution in [-0.4, -0.2) is 55.4 Å². The number of nitrogens with one attached hydrogen (secondary N) is 1. The number of amides is 1. The first kappa shape index (κ1) is 20.6. The van der Waals surface area contributed by atoms with Gasteiger partial charge in [-0.15, -0.1) is 11.8 Å². The molecule has 1 heterocycles. The van der Waals surface area contributed by atoms with Crippen molar-refractivity contribution in [3.05, 3.63) is 29.3 Å². The Morgan fingerprint density at radius 2 is 1.96 bits per heavy atom. The summed E-state index contributed by atoms with van der Waals surface area (Å²) < 4.78 is 5.48. The summed E-state index contributed by atoms with van der Waals surface area (Å²) in [6, 6.07) is 8.01. The van der Waals surface area contributed by atoms with Crippen molar-refractivity contribution in [3.8, 4) is 0 Å². The van der Waals surface area contributed by atoms with Crippen molar-refractivity contribution in [3.63, 3.8) is 0 Å². The van der Waals surface area contributed by atoms with Crippen molar-refractivity contribution in [1.82, 2.24) is 10.2 Å². The number of thioether (sulfide) groups is 1. The van der Waals surface area contributed by atoms with Crippen LogP contribution in [0.25, 0.3) is 0 Å². The third-order valence-electron chi connectivity index (χ3n) is 4.81. The molecule has 0 bridgehead atoms. The van der Waals surface area contributed by atoms with Crippen LogP contribution in [0.3, 0.4) is 0 Å². The molecule has 0 aliphatic carbocycles. The Hall–Kier alpha value is -0.750. The zero-order valence-corrected chi connectivity index (χ0v) is 16.7. The monoisotopic (exact) mass is 384 g/mol. The second-order valence-corrected chi connectivity index (χ2v) is 7.74. The molecule has 2 rings (SSSR count). The van der Waals surface area contributed by atoms with Gasteiger partial charge in [-0.25, -0.2) is 0 Å². The van der Waals surface area contributed by atoms with Gasteiger partial charge < -0.3 is 10.1 Å². The number of hydrogen-bond acceptors (Lipinski definition) is 4. The lowest BCUT2D eigenvalue weighted by atomic mass is 9.92. The van der Waals surface area contributed by atoms with Gasteiger partial charge in [-0.05, 0) is 18.1 Å². The standard InChI is InChI=1S/C19H29ClN2O2S/c1-3-15(4-2)17(22-9-11-24-12-10-22)13-21-19(23)14-25-18-8-6-5-7-16(18)20/h5-8,15,17H,3-4,9-14H2,1-2H3,(H,21,23). The van der Waals surface area contributed by atoms with E-state index in [1.54, 1.807) is 0 Å². The van der Waals surface area contributed by atoms with Gasteiger partial charge in [-0.2, -0.15) is 0 Å². The SMILES string of the molecule is CCC(CC)C(CNC(=O)CSc1ccccc1Cl)N1CCOCC1. The first-order valence-electron chi connectivity index (χ1n) is 9.11. The molecule has 1 saturated heterocycles. The van der Waals surface area contributed by atoms with Gasteiger partial charge in [0.15, 0.2) is 0 Å². The van der Waals surface area contributed by atoms with Crippen LogP contribution in [-0.2, 0) is 9.53 Å². The van der Waals surface area contributed by atoms with Gasteiger partial charge in [0.25, 0.3) is 0 Å². The molecule has 25 heavy (non-hydrogen) atoms. The summed E-state index contributed by atoms with van der Waals surface area (Å²) in [5.74, 6) is 1.05. The fourth-order valence-electron chi connectivity index (χ4n) is 3.31. The van der Waals surface area contributed by atoms with Crippen LogP contribution in [0.4, 0.5) is 0 Å². The smallest absolute Gasteiger partial charge is 0.230 e. The van der Waals surface area contributed by atoms with Gasteiger partial charge in [0, 0.05) is 30.6 Å². The number of ether oxygens (including phenoxy) is 1. The van der Waals surface area contributed by atoms with Gasteiger partial charge in [0.05, 0.1) is 24.0 Å². The number of hydrogen-bond donors (Lipinski definition) is 1. The van der Waals surface area contributed by atoms with E-state index in [1.165, 1.54) is 11.8 Å². The first-order valence-corrected chi connectivity index (χ1v) is 10.5. The first-order chi connectivity index (χ1) is 12.2. The summed E-state index contributed by atoms with van der Waals surface area (Å²) in [4.78, 5) is 15.7. The normalized spacial score (nSPS) is 16.8. The molecule has 1 aliphatic rings. The van der Waals surface area contributed by atoms with Crippen molar-refractivity contribution in [2.45, 2.75) is 37.6 Å². The highest BCUT2D eigenvalue weighted by Crippen LogP contribution is 2.26. The summed E-state index contributed by atoms with van der Waals surface area (Å²) in [6.07, 6.45) is 2.26. The number of rotatable bonds is 9. The molecule has 0 aromatic heterocycles. The Kier molecular flexibility index (Phi) is 9.10. The average Bonchev–Trinajstić information content (AvgIpc) is 2.65. The van der Waals surface area contributed by atoms with Gasteiger partial charge in [0.2, 0.25) is 5.91 Å². The van der Waals surface area contributed by atoms with Crippen molar-refractivity contribution >= 4 is 29.3 Å². The third-order valence-corrected chi connectivity index (χ3v) is 6.33. The Balaban J connectivity index is 1.85. The summed E-state index contributed by atoms with van der Waals surface area (Å²) in [7, 11) is 0. The van der Waals surface area contributed by atoms with Crippen molar-refractivity contribution in [2.75, 3.05) is 38.6 Å². The molecule has 1 aromatic rings. The maximum atomic E-state index is 12.3. The van der Waals surface area contributed by atoms with Crippen LogP contribution in [0.5, 0.6) is 0 Å². The van der Waals surface area contributed by atoms with Crippen LogP contribution in [0.1, 0.15) is 26.7 Å². The largest absolute Gasteiger partial charge is 0.379 e. The highest BCUT2D eigenvalue weighted by Gasteiger charge is 2.27. The highest BCUT2D eigenvalue weighted by atomic mass is 35.5. The summed E-state index contributed by atoms with van der Waals surface area (Å²) in [5, 5.41) is 3.83. The molecule has 4 nitrogen and oxygen atoms in total. The van der Waals surface area contributed by atoms with Crippen molar-refractivity contribution < 1.29 is 9.53 Å². The summed E-state index contributed by atoms with van der Waals surface area (Å²) in [5.41, 5.74) is 0. The number of morpholine rings is 1. The summed E-state index contributed by atoms with van der Waals surface area (Å²) >= 11 is 7.63. The van der Waals surface area contributed by atoms with Gasteiger partial charge in [0.1, 0.15) is 0 Å². The number of benzene rings is 1. The van der Waals surface area contributed by atoms with Crippen LogP contribution >= 0.6 is 23.4 Å². The van der Waals surface area contributed by atoms with E-state index in [4.69, 9.17) is 16.3 Å². The molecule has 1 amide bonds. The zero-order chi connectivity index (χ0) is 18.1. The minimum absolute atomic E-state index is 0.0640. The second kappa shape index (κ2) is 11.1. The molecule has 1 aromatic carbocycles. The van der Waals surface area contributed by atoms with E-state index in [-0.39, 0.29) is 5.91 Å². The lowest BCUT2D eigenvalue weighted by Crippen LogP contribution is -2.52. The predicted octanol–water partition coefficient (Wildman–Crippen LogP) is 3.69. The molecule has 1 unspecified atom stereocenters. The molecule has 1 atom stereocenters. The van der Waals surface area contributed by atoms with Gasteiger partial charge in [-0.3, -0.25) is 9.69 Å². The van der Waals surface area contributed by atoms with Crippen LogP contribution < -0.4 is 5.32 Å². The molecule has 0 spiro atoms. The van der Waals surface area contributed by atoms with Crippen LogP contribution in [0, 0.1) is 5.92 Å². The Morgan fingerprint density at radius 3 is 2.60 bits per heavy atom. The fraction of sp³-hybridized carbons (Fsp3) is 0.632. The van der Waals surface area contributed by atoms with Crippen molar-refractivity contribution in [2.24, 2.45) is 5.92 Å². The fourth-order valence-corrected chi connectivity index (χ4v) is 4.38. The number of halogens is 1. The van der Waals surface area contributed by atoms with Crippen molar-refractivity contribution in [1.29, 1.82) is 0 Å². The molecule has 1 N–H and O–H groups in total. The number of carbonyl (C=O) groups is 1. The minimum atomic E-state index is 0.0640. The molecule has 0 saturated carbocycles. The zero-order valence-electron chi connectivity index (χ0n) is 15.2. The number of nitrogens with zero attached hydrogens (tertiary/aromatic N) is 1. The number of carbonyl (C=O) groups excluding carboxylic acids is 1. The van der Waals surface area contributed by atoms with E-state index >= 15 is 0 Å². The van der Waals surface area contributed by atoms with E-state index in [1.807, 2.05) is 24.3 Å². The van der Waals surface area contributed by atoms with E-state index in [9.17, 15) is 4.79 Å². The lowest BCUT2D eigenvalue weighted by molar-refractivity contribution is -0.119. The van der Waals surface area contributed by atoms with E-state index in [0.717, 1.165) is 44.0 Å². The molecule has 0 radical (unpaired) electrons. The second-order valence-electron chi connectivity index (χ2n) is 6.32. The highest BCUT2D eigenvalue weighted by molar-refractivity contribution is 8.00. The Labute approximate surface area is 160 Å². The van der Waals surface area contributed by atoms with Gasteiger partial charge in [-0.1, -0.05) is 50.4 Å². The molecule has 6 heteroatoms. The van der Waals surface area contributed by atoms with Crippen LogP contribution in [0.15, 0.2) is 29.2 Å². The molecular weight excluding hydrogens is 356 g/mol. The summed E-state index contributed by atoms with van der Waals surface area (Å²) in [6.45, 7) is 8.64. The molecule has 140 valence electrons. The maximum absolute atomic E-state index is 12.3. The van der Waals surface area contributed by atoms with E-state index in [0.29, 0.717) is 29.3 Å². The lowest BCUT2D eigenvalue weighted by Gasteiger charge is -2.38.